The van der Waals surface area contributed by atoms with E-state index in [1.54, 1.807) is 0 Å². The number of carbonyl (C=O) groups excluding carboxylic acids is 1. The minimum atomic E-state index is -5.91. The molecule has 0 atom stereocenters. The molecule has 0 saturated heterocycles. The molecule has 0 fully saturated rings. The summed E-state index contributed by atoms with van der Waals surface area (Å²) in [4.78, 5) is 14.6. The van der Waals surface area contributed by atoms with Crippen molar-refractivity contribution in [1.29, 1.82) is 0 Å². The first-order valence-electron chi connectivity index (χ1n) is 5.92. The molecule has 2 rings (SSSR count). The lowest BCUT2D eigenvalue weighted by Crippen LogP contribution is -2.34. The van der Waals surface area contributed by atoms with E-state index >= 15 is 0 Å². The lowest BCUT2D eigenvalue weighted by Gasteiger charge is -2.14. The van der Waals surface area contributed by atoms with Crippen LogP contribution >= 0.6 is 0 Å². The Labute approximate surface area is 124 Å². The Morgan fingerprint density at radius 3 is 2.52 bits per heavy atom. The van der Waals surface area contributed by atoms with E-state index in [-0.39, 0.29) is 11.3 Å². The van der Waals surface area contributed by atoms with Crippen LogP contribution in [0.4, 0.5) is 28.0 Å². The first-order chi connectivity index (χ1) is 10.5. The molecule has 0 aliphatic rings. The molecule has 1 aromatic carbocycles. The summed E-state index contributed by atoms with van der Waals surface area (Å²) in [5, 5.41) is 14.0. The normalized spacial score (nSPS) is 12.3. The molecule has 1 amide bonds. The Kier molecular flexibility index (Phi) is 3.97. The van der Waals surface area contributed by atoms with Crippen molar-refractivity contribution in [2.75, 3.05) is 5.32 Å². The monoisotopic (exact) mass is 337 g/mol. The lowest BCUT2D eigenvalue weighted by molar-refractivity contribution is -0.293. The molecule has 23 heavy (non-hydrogen) atoms. The third-order valence-electron chi connectivity index (χ3n) is 2.77. The van der Waals surface area contributed by atoms with Gasteiger partial charge in [-0.2, -0.15) is 26.9 Å². The Morgan fingerprint density at radius 2 is 1.91 bits per heavy atom. The van der Waals surface area contributed by atoms with Gasteiger partial charge in [-0.15, -0.1) is 0 Å². The van der Waals surface area contributed by atoms with Crippen LogP contribution in [0.15, 0.2) is 22.7 Å². The number of para-hydroxylation sites is 1. The number of aromatic nitrogens is 2. The van der Waals surface area contributed by atoms with Gasteiger partial charge < -0.3 is 9.63 Å². The summed E-state index contributed by atoms with van der Waals surface area (Å²) in [5.74, 6) is -8.67. The largest absolute Gasteiger partial charge is 0.507 e. The quantitative estimate of drug-likeness (QED) is 0.841. The molecule has 0 radical (unpaired) electrons. The van der Waals surface area contributed by atoms with Crippen molar-refractivity contribution < 1.29 is 36.4 Å². The van der Waals surface area contributed by atoms with Gasteiger partial charge in [-0.3, -0.25) is 10.1 Å². The number of rotatable bonds is 3. The third kappa shape index (κ3) is 3.07. The number of carbonyl (C=O) groups is 1. The molecule has 6 nitrogen and oxygen atoms in total. The molecule has 0 aliphatic heterocycles. The number of hydrogen-bond donors (Lipinski definition) is 2. The van der Waals surface area contributed by atoms with E-state index in [9.17, 15) is 31.9 Å². The number of hydrogen-bond acceptors (Lipinski definition) is 5. The number of amides is 1. The number of nitrogens with one attached hydrogen (secondary N) is 1. The van der Waals surface area contributed by atoms with Crippen LogP contribution in [0.1, 0.15) is 21.7 Å². The van der Waals surface area contributed by atoms with Gasteiger partial charge in [0.15, 0.2) is 0 Å². The minimum Gasteiger partial charge on any atom is -0.507 e. The second-order valence-corrected chi connectivity index (χ2v) is 4.42. The predicted octanol–water partition coefficient (Wildman–Crippen LogP) is 2.99. The van der Waals surface area contributed by atoms with Crippen molar-refractivity contribution in [3.05, 3.63) is 35.2 Å². The van der Waals surface area contributed by atoms with Crippen molar-refractivity contribution in [1.82, 2.24) is 10.1 Å². The maximum atomic E-state index is 13.0. The molecular weight excluding hydrogens is 329 g/mol. The summed E-state index contributed by atoms with van der Waals surface area (Å²) < 4.78 is 66.6. The average Bonchev–Trinajstić information content (AvgIpc) is 2.89. The van der Waals surface area contributed by atoms with Gasteiger partial charge in [0.1, 0.15) is 5.75 Å². The number of alkyl halides is 5. The number of aromatic hydroxyl groups is 1. The van der Waals surface area contributed by atoms with E-state index in [4.69, 9.17) is 0 Å². The van der Waals surface area contributed by atoms with E-state index in [2.05, 4.69) is 14.7 Å². The van der Waals surface area contributed by atoms with Crippen LogP contribution in [-0.2, 0) is 5.92 Å². The molecule has 0 aliphatic carbocycles. The molecule has 0 saturated carbocycles. The van der Waals surface area contributed by atoms with Crippen molar-refractivity contribution in [2.45, 2.75) is 19.0 Å². The zero-order chi connectivity index (χ0) is 17.4. The highest BCUT2D eigenvalue weighted by molar-refractivity contribution is 6.05. The zero-order valence-electron chi connectivity index (χ0n) is 11.3. The fourth-order valence-electron chi connectivity index (χ4n) is 1.54. The van der Waals surface area contributed by atoms with Gasteiger partial charge in [-0.05, 0) is 18.6 Å². The maximum Gasteiger partial charge on any atom is 0.461 e. The van der Waals surface area contributed by atoms with Crippen LogP contribution in [0.3, 0.4) is 0 Å². The summed E-state index contributed by atoms with van der Waals surface area (Å²) >= 11 is 0. The number of benzene rings is 1. The van der Waals surface area contributed by atoms with E-state index in [1.807, 2.05) is 5.32 Å². The Hall–Kier alpha value is -2.72. The van der Waals surface area contributed by atoms with Crippen LogP contribution in [0, 0.1) is 6.92 Å². The topological polar surface area (TPSA) is 88.3 Å². The fourth-order valence-corrected chi connectivity index (χ4v) is 1.54. The molecule has 0 bridgehead atoms. The zero-order valence-corrected chi connectivity index (χ0v) is 11.3. The van der Waals surface area contributed by atoms with Crippen molar-refractivity contribution in [2.24, 2.45) is 0 Å². The van der Waals surface area contributed by atoms with E-state index in [0.717, 1.165) is 0 Å². The molecule has 1 heterocycles. The van der Waals surface area contributed by atoms with Crippen molar-refractivity contribution in [3.63, 3.8) is 0 Å². The highest BCUT2D eigenvalue weighted by atomic mass is 19.4. The first-order valence-corrected chi connectivity index (χ1v) is 5.92. The van der Waals surface area contributed by atoms with E-state index < -0.39 is 29.8 Å². The second kappa shape index (κ2) is 5.48. The molecule has 0 unspecified atom stereocenters. The Morgan fingerprint density at radius 1 is 1.26 bits per heavy atom. The predicted molar refractivity (Wildman–Crippen MR) is 65.0 cm³/mol. The average molecular weight is 337 g/mol. The summed E-state index contributed by atoms with van der Waals surface area (Å²) in [6, 6.07) is 3.18. The van der Waals surface area contributed by atoms with Crippen LogP contribution in [0.2, 0.25) is 0 Å². The van der Waals surface area contributed by atoms with Gasteiger partial charge in [-0.1, -0.05) is 17.3 Å². The molecule has 2 N–H and O–H groups in total. The summed E-state index contributed by atoms with van der Waals surface area (Å²) in [6.45, 7) is 1.50. The SMILES string of the molecule is Cc1cccc(C(=O)Nc2nc(C(F)(F)C(F)(F)F)no2)c1O. The van der Waals surface area contributed by atoms with Gasteiger partial charge >= 0.3 is 18.1 Å². The highest BCUT2D eigenvalue weighted by Crippen LogP contribution is 2.42. The minimum absolute atomic E-state index is 0.243. The van der Waals surface area contributed by atoms with E-state index in [1.165, 1.54) is 25.1 Å². The Bertz CT molecular complexity index is 742. The summed E-state index contributed by atoms with van der Waals surface area (Å²) in [6.07, 6.45) is -5.91. The molecule has 1 aromatic heterocycles. The molecule has 11 heteroatoms. The fraction of sp³-hybridized carbons (Fsp3) is 0.250. The number of phenols is 1. The van der Waals surface area contributed by atoms with Crippen LogP contribution < -0.4 is 5.32 Å². The molecule has 124 valence electrons. The summed E-state index contributed by atoms with van der Waals surface area (Å²) in [7, 11) is 0. The van der Waals surface area contributed by atoms with Gasteiger partial charge in [0.05, 0.1) is 5.56 Å². The number of anilines is 1. The molecule has 0 spiro atoms. The lowest BCUT2D eigenvalue weighted by atomic mass is 10.1. The van der Waals surface area contributed by atoms with Crippen LogP contribution in [-0.4, -0.2) is 27.3 Å². The Balaban J connectivity index is 2.23. The van der Waals surface area contributed by atoms with Crippen LogP contribution in [0.5, 0.6) is 5.75 Å². The summed E-state index contributed by atoms with van der Waals surface area (Å²) in [5.41, 5.74) is 0.111. The van der Waals surface area contributed by atoms with Crippen LogP contribution in [0.25, 0.3) is 0 Å². The highest BCUT2D eigenvalue weighted by Gasteiger charge is 2.62. The second-order valence-electron chi connectivity index (χ2n) is 4.42. The number of aryl methyl sites for hydroxylation is 1. The third-order valence-corrected chi connectivity index (χ3v) is 2.77. The maximum absolute atomic E-state index is 13.0. The van der Waals surface area contributed by atoms with Gasteiger partial charge in [-0.25, -0.2) is 0 Å². The number of phenolic OH excluding ortho intramolecular Hbond substituents is 1. The number of nitrogens with zero attached hydrogens (tertiary/aromatic N) is 2. The van der Waals surface area contributed by atoms with Gasteiger partial charge in [0, 0.05) is 0 Å². The smallest absolute Gasteiger partial charge is 0.461 e. The molecule has 2 aromatic rings. The van der Waals surface area contributed by atoms with E-state index in [0.29, 0.717) is 5.56 Å². The first kappa shape index (κ1) is 16.6. The van der Waals surface area contributed by atoms with Crippen molar-refractivity contribution in [3.8, 4) is 5.75 Å². The van der Waals surface area contributed by atoms with Crippen molar-refractivity contribution >= 4 is 11.9 Å². The number of halogens is 5. The molecular formula is C12H8F5N3O3. The van der Waals surface area contributed by atoms with Gasteiger partial charge in [0.2, 0.25) is 0 Å². The van der Waals surface area contributed by atoms with Gasteiger partial charge in [0.25, 0.3) is 11.7 Å². The standard InChI is InChI=1S/C12H8F5N3O3/c1-5-3-2-4-6(7(5)21)8(22)18-10-19-9(20-23-10)11(13,14)12(15,16)17/h2-4,21H,1H3,(H,18,19,20,22).